The first-order valence-corrected chi connectivity index (χ1v) is 9.26. The number of hydrogen-bond acceptors (Lipinski definition) is 3. The van der Waals surface area contributed by atoms with Crippen LogP contribution in [0.5, 0.6) is 5.75 Å². The van der Waals surface area contributed by atoms with Gasteiger partial charge in [0.25, 0.3) is 0 Å². The summed E-state index contributed by atoms with van der Waals surface area (Å²) in [6, 6.07) is 10.2. The molecule has 0 spiro atoms. The zero-order valence-corrected chi connectivity index (χ0v) is 16.0. The molecule has 2 aromatic rings. The molecule has 1 heterocycles. The summed E-state index contributed by atoms with van der Waals surface area (Å²) in [6.07, 6.45) is 3.64. The van der Waals surface area contributed by atoms with Crippen molar-refractivity contribution < 1.29 is 9.50 Å². The van der Waals surface area contributed by atoms with Crippen LogP contribution in [0.15, 0.2) is 41.4 Å². The lowest BCUT2D eigenvalue weighted by Gasteiger charge is -2.47. The van der Waals surface area contributed by atoms with Gasteiger partial charge in [-0.05, 0) is 74.6 Å². The highest BCUT2D eigenvalue weighted by molar-refractivity contribution is 5.84. The number of phenolic OH excluding ortho intramolecular Hbond substituents is 1. The monoisotopic (exact) mass is 354 g/mol. The van der Waals surface area contributed by atoms with Gasteiger partial charge in [0.1, 0.15) is 11.6 Å². The molecule has 2 aromatic carbocycles. The molecule has 3 rings (SSSR count). The molecule has 0 aromatic heterocycles. The fraction of sp³-hybridized carbons (Fsp3) is 0.409. The van der Waals surface area contributed by atoms with Gasteiger partial charge >= 0.3 is 0 Å². The van der Waals surface area contributed by atoms with Crippen LogP contribution in [-0.4, -0.2) is 23.4 Å². The first-order valence-electron chi connectivity index (χ1n) is 9.26. The lowest BCUT2D eigenvalue weighted by molar-refractivity contribution is 0.375. The second kappa shape index (κ2) is 7.10. The predicted molar refractivity (Wildman–Crippen MR) is 107 cm³/mol. The third-order valence-electron chi connectivity index (χ3n) is 5.15. The van der Waals surface area contributed by atoms with Gasteiger partial charge in [0, 0.05) is 29.5 Å². The average Bonchev–Trinajstić information content (AvgIpc) is 2.58. The standard InChI is InChI=1S/C22H27FN2O/c1-5-10-25-21-12-20(23)16(11-19(21)15(2)13-22(25,3)4)14-24-17-6-8-18(26)9-7-17/h6-9,11-12,14-15,26H,5,10,13H2,1-4H3. The lowest BCUT2D eigenvalue weighted by Crippen LogP contribution is -2.48. The summed E-state index contributed by atoms with van der Waals surface area (Å²) in [6.45, 7) is 9.76. The molecule has 1 aliphatic rings. The van der Waals surface area contributed by atoms with Crippen LogP contribution in [0.25, 0.3) is 0 Å². The maximum absolute atomic E-state index is 14.8. The highest BCUT2D eigenvalue weighted by Gasteiger charge is 2.36. The number of aromatic hydroxyl groups is 1. The Kier molecular flexibility index (Phi) is 5.03. The molecule has 1 aliphatic heterocycles. The summed E-state index contributed by atoms with van der Waals surface area (Å²) in [5.41, 5.74) is 3.40. The number of phenols is 1. The van der Waals surface area contributed by atoms with Crippen LogP contribution in [0.4, 0.5) is 15.8 Å². The van der Waals surface area contributed by atoms with Gasteiger partial charge in [-0.15, -0.1) is 0 Å². The maximum atomic E-state index is 14.8. The van der Waals surface area contributed by atoms with E-state index in [1.807, 2.05) is 6.07 Å². The molecule has 3 nitrogen and oxygen atoms in total. The van der Waals surface area contributed by atoms with E-state index in [4.69, 9.17) is 0 Å². The molecule has 1 N–H and O–H groups in total. The van der Waals surface area contributed by atoms with Gasteiger partial charge in [0.2, 0.25) is 0 Å². The summed E-state index contributed by atoms with van der Waals surface area (Å²) < 4.78 is 14.8. The van der Waals surface area contributed by atoms with Gasteiger partial charge in [-0.3, -0.25) is 4.99 Å². The van der Waals surface area contributed by atoms with E-state index in [1.165, 1.54) is 5.56 Å². The Hall–Kier alpha value is -2.36. The van der Waals surface area contributed by atoms with Crippen molar-refractivity contribution in [2.24, 2.45) is 4.99 Å². The fourth-order valence-corrected chi connectivity index (χ4v) is 3.95. The Labute approximate surface area is 155 Å². The smallest absolute Gasteiger partial charge is 0.134 e. The molecule has 0 fully saturated rings. The van der Waals surface area contributed by atoms with Crippen LogP contribution in [0.1, 0.15) is 57.6 Å². The molecule has 0 radical (unpaired) electrons. The summed E-state index contributed by atoms with van der Waals surface area (Å²) in [5.74, 6) is 0.308. The summed E-state index contributed by atoms with van der Waals surface area (Å²) in [4.78, 5) is 6.69. The van der Waals surface area contributed by atoms with Gasteiger partial charge in [-0.25, -0.2) is 4.39 Å². The highest BCUT2D eigenvalue weighted by atomic mass is 19.1. The average molecular weight is 354 g/mol. The maximum Gasteiger partial charge on any atom is 0.134 e. The number of rotatable bonds is 4. The van der Waals surface area contributed by atoms with Crippen LogP contribution in [0, 0.1) is 5.82 Å². The molecular formula is C22H27FN2O. The van der Waals surface area contributed by atoms with Crippen molar-refractivity contribution in [3.05, 3.63) is 53.3 Å². The van der Waals surface area contributed by atoms with E-state index in [1.54, 1.807) is 36.5 Å². The molecule has 0 aliphatic carbocycles. The number of anilines is 1. The number of benzene rings is 2. The zero-order chi connectivity index (χ0) is 18.9. The van der Waals surface area contributed by atoms with E-state index < -0.39 is 0 Å². The normalized spacial score (nSPS) is 19.0. The molecule has 0 saturated heterocycles. The summed E-state index contributed by atoms with van der Waals surface area (Å²) in [7, 11) is 0. The van der Waals surface area contributed by atoms with Crippen molar-refractivity contribution in [2.75, 3.05) is 11.4 Å². The second-order valence-corrected chi connectivity index (χ2v) is 7.78. The van der Waals surface area contributed by atoms with Crippen molar-refractivity contribution in [1.82, 2.24) is 0 Å². The third kappa shape index (κ3) is 3.59. The van der Waals surface area contributed by atoms with Crippen LogP contribution >= 0.6 is 0 Å². The molecule has 26 heavy (non-hydrogen) atoms. The number of aliphatic imine (C=N–C) groups is 1. The molecule has 4 heteroatoms. The topological polar surface area (TPSA) is 35.8 Å². The van der Waals surface area contributed by atoms with E-state index in [2.05, 4.69) is 37.6 Å². The SMILES string of the molecule is CCCN1c2cc(F)c(C=Nc3ccc(O)cc3)cc2C(C)CC1(C)C. The van der Waals surface area contributed by atoms with E-state index in [-0.39, 0.29) is 17.1 Å². The number of hydrogen-bond donors (Lipinski definition) is 1. The first kappa shape index (κ1) is 18.4. The molecular weight excluding hydrogens is 327 g/mol. The zero-order valence-electron chi connectivity index (χ0n) is 16.0. The number of nitrogens with zero attached hydrogens (tertiary/aromatic N) is 2. The Bertz CT molecular complexity index is 812. The minimum atomic E-state index is -0.253. The second-order valence-electron chi connectivity index (χ2n) is 7.78. The lowest BCUT2D eigenvalue weighted by atomic mass is 9.79. The van der Waals surface area contributed by atoms with Gasteiger partial charge < -0.3 is 10.0 Å². The molecule has 0 saturated carbocycles. The van der Waals surface area contributed by atoms with E-state index >= 15 is 0 Å². The van der Waals surface area contributed by atoms with E-state index in [0.717, 1.165) is 25.1 Å². The van der Waals surface area contributed by atoms with Gasteiger partial charge in [-0.1, -0.05) is 13.8 Å². The van der Waals surface area contributed by atoms with Gasteiger partial charge in [0.15, 0.2) is 0 Å². The predicted octanol–water partition coefficient (Wildman–Crippen LogP) is 5.78. The van der Waals surface area contributed by atoms with E-state index in [9.17, 15) is 9.50 Å². The van der Waals surface area contributed by atoms with Crippen LogP contribution in [-0.2, 0) is 0 Å². The number of halogens is 1. The molecule has 0 amide bonds. The summed E-state index contributed by atoms with van der Waals surface area (Å²) >= 11 is 0. The first-order chi connectivity index (χ1) is 12.3. The Balaban J connectivity index is 1.98. The molecule has 138 valence electrons. The van der Waals surface area contributed by atoms with Crippen molar-refractivity contribution in [1.29, 1.82) is 0 Å². The van der Waals surface area contributed by atoms with Crippen molar-refractivity contribution in [3.63, 3.8) is 0 Å². The molecule has 1 unspecified atom stereocenters. The fourth-order valence-electron chi connectivity index (χ4n) is 3.95. The van der Waals surface area contributed by atoms with Crippen molar-refractivity contribution >= 4 is 17.6 Å². The van der Waals surface area contributed by atoms with Gasteiger partial charge in [0.05, 0.1) is 5.69 Å². The largest absolute Gasteiger partial charge is 0.508 e. The molecule has 1 atom stereocenters. The Morgan fingerprint density at radius 3 is 2.62 bits per heavy atom. The molecule has 0 bridgehead atoms. The van der Waals surface area contributed by atoms with Crippen molar-refractivity contribution in [2.45, 2.75) is 52.0 Å². The Morgan fingerprint density at radius 2 is 1.96 bits per heavy atom. The van der Waals surface area contributed by atoms with Crippen molar-refractivity contribution in [3.8, 4) is 5.75 Å². The number of fused-ring (bicyclic) bond motifs is 1. The third-order valence-corrected chi connectivity index (χ3v) is 5.15. The minimum absolute atomic E-state index is 0.0243. The summed E-state index contributed by atoms with van der Waals surface area (Å²) in [5, 5.41) is 9.34. The van der Waals surface area contributed by atoms with Gasteiger partial charge in [-0.2, -0.15) is 0 Å². The van der Waals surface area contributed by atoms with Crippen LogP contribution < -0.4 is 4.90 Å². The van der Waals surface area contributed by atoms with Crippen LogP contribution in [0.3, 0.4) is 0 Å². The quantitative estimate of drug-likeness (QED) is 0.706. The minimum Gasteiger partial charge on any atom is -0.508 e. The van der Waals surface area contributed by atoms with Crippen LogP contribution in [0.2, 0.25) is 0 Å². The Morgan fingerprint density at radius 1 is 1.27 bits per heavy atom. The van der Waals surface area contributed by atoms with E-state index in [0.29, 0.717) is 17.2 Å². The highest BCUT2D eigenvalue weighted by Crippen LogP contribution is 2.44.